The van der Waals surface area contributed by atoms with Crippen molar-refractivity contribution in [3.05, 3.63) is 77.5 Å². The molecule has 1 N–H and O–H groups in total. The van der Waals surface area contributed by atoms with E-state index in [-0.39, 0.29) is 11.8 Å². The van der Waals surface area contributed by atoms with Crippen LogP contribution in [0.3, 0.4) is 0 Å². The van der Waals surface area contributed by atoms with Crippen LogP contribution >= 0.6 is 11.8 Å². The van der Waals surface area contributed by atoms with E-state index in [1.807, 2.05) is 71.3 Å². The lowest BCUT2D eigenvalue weighted by atomic mass is 10.0. The van der Waals surface area contributed by atoms with Crippen molar-refractivity contribution < 1.29 is 14.1 Å². The van der Waals surface area contributed by atoms with Gasteiger partial charge in [0.1, 0.15) is 0 Å². The molecule has 0 atom stereocenters. The van der Waals surface area contributed by atoms with Crippen LogP contribution in [0.5, 0.6) is 0 Å². The van der Waals surface area contributed by atoms with Gasteiger partial charge < -0.3 is 14.7 Å². The van der Waals surface area contributed by atoms with E-state index in [1.165, 1.54) is 0 Å². The Morgan fingerprint density at radius 2 is 1.79 bits per heavy atom. The fourth-order valence-corrected chi connectivity index (χ4v) is 4.94. The zero-order valence-corrected chi connectivity index (χ0v) is 19.6. The second-order valence-corrected chi connectivity index (χ2v) is 9.41. The van der Waals surface area contributed by atoms with E-state index in [4.69, 9.17) is 4.52 Å². The third-order valence-corrected chi connectivity index (χ3v) is 6.80. The van der Waals surface area contributed by atoms with E-state index in [1.54, 1.807) is 13.0 Å². The highest BCUT2D eigenvalue weighted by Gasteiger charge is 2.20. The number of anilines is 1. The van der Waals surface area contributed by atoms with Crippen molar-refractivity contribution in [3.63, 3.8) is 0 Å². The highest BCUT2D eigenvalue weighted by atomic mass is 32.2. The first-order valence-corrected chi connectivity index (χ1v) is 12.3. The summed E-state index contributed by atoms with van der Waals surface area (Å²) in [6.45, 7) is 3.41. The maximum atomic E-state index is 13.3. The van der Waals surface area contributed by atoms with Crippen LogP contribution in [0.25, 0.3) is 22.4 Å². The molecule has 2 amide bonds. The molecule has 0 aliphatic carbocycles. The van der Waals surface area contributed by atoms with E-state index >= 15 is 0 Å². The van der Waals surface area contributed by atoms with Crippen molar-refractivity contribution in [1.82, 2.24) is 15.0 Å². The Kier molecular flexibility index (Phi) is 6.31. The number of rotatable bonds is 5. The van der Waals surface area contributed by atoms with E-state index in [0.717, 1.165) is 35.7 Å². The largest absolute Gasteiger partial charge is 0.341 e. The summed E-state index contributed by atoms with van der Waals surface area (Å²) in [6, 6.07) is 18.8. The van der Waals surface area contributed by atoms with Gasteiger partial charge in [0.25, 0.3) is 11.6 Å². The molecule has 172 valence electrons. The van der Waals surface area contributed by atoms with Crippen LogP contribution in [0.1, 0.15) is 21.6 Å². The Bertz CT molecular complexity index is 1330. The Balaban J connectivity index is 1.35. The number of hydrogen-bond donors (Lipinski definition) is 1. The molecule has 0 unspecified atom stereocenters. The number of thioether (sulfide) groups is 1. The molecule has 0 radical (unpaired) electrons. The minimum absolute atomic E-state index is 0.146. The molecule has 34 heavy (non-hydrogen) atoms. The molecule has 1 saturated heterocycles. The van der Waals surface area contributed by atoms with E-state index in [0.29, 0.717) is 40.2 Å². The zero-order chi connectivity index (χ0) is 23.5. The number of nitrogens with one attached hydrogen (secondary N) is 1. The number of nitrogens with zero attached hydrogens (tertiary/aromatic N) is 3. The highest BCUT2D eigenvalue weighted by Crippen LogP contribution is 2.27. The van der Waals surface area contributed by atoms with Crippen molar-refractivity contribution in [3.8, 4) is 11.3 Å². The van der Waals surface area contributed by atoms with Crippen LogP contribution < -0.4 is 5.32 Å². The fraction of sp³-hybridized carbons (Fsp3) is 0.231. The summed E-state index contributed by atoms with van der Waals surface area (Å²) in [7, 11) is 0. The first-order valence-electron chi connectivity index (χ1n) is 11.2. The van der Waals surface area contributed by atoms with Gasteiger partial charge in [-0.05, 0) is 30.7 Å². The molecule has 3 heterocycles. The van der Waals surface area contributed by atoms with Gasteiger partial charge in [-0.3, -0.25) is 9.59 Å². The second kappa shape index (κ2) is 9.69. The summed E-state index contributed by atoms with van der Waals surface area (Å²) in [5.41, 5.74) is 4.48. The smallest absolute Gasteiger partial charge is 0.259 e. The normalized spacial score (nSPS) is 13.7. The lowest BCUT2D eigenvalue weighted by Crippen LogP contribution is -2.38. The van der Waals surface area contributed by atoms with Crippen molar-refractivity contribution in [2.75, 3.05) is 29.9 Å². The zero-order valence-electron chi connectivity index (χ0n) is 18.8. The van der Waals surface area contributed by atoms with Crippen LogP contribution in [0.15, 0.2) is 65.2 Å². The molecule has 0 spiro atoms. The van der Waals surface area contributed by atoms with Gasteiger partial charge in [-0.2, -0.15) is 11.8 Å². The van der Waals surface area contributed by atoms with Crippen molar-refractivity contribution in [2.24, 2.45) is 0 Å². The van der Waals surface area contributed by atoms with Crippen LogP contribution in [0.4, 0.5) is 5.69 Å². The molecule has 2 aromatic heterocycles. The monoisotopic (exact) mass is 472 g/mol. The van der Waals surface area contributed by atoms with Crippen molar-refractivity contribution in [1.29, 1.82) is 0 Å². The molecular formula is C26H24N4O3S. The molecule has 8 heteroatoms. The predicted molar refractivity (Wildman–Crippen MR) is 134 cm³/mol. The van der Waals surface area contributed by atoms with Gasteiger partial charge in [0.2, 0.25) is 5.91 Å². The Morgan fingerprint density at radius 3 is 2.53 bits per heavy atom. The van der Waals surface area contributed by atoms with E-state index < -0.39 is 0 Å². The average Bonchev–Trinajstić information content (AvgIpc) is 3.26. The van der Waals surface area contributed by atoms with Gasteiger partial charge in [0.05, 0.1) is 28.8 Å². The number of pyridine rings is 1. The minimum Gasteiger partial charge on any atom is -0.341 e. The quantitative estimate of drug-likeness (QED) is 0.458. The lowest BCUT2D eigenvalue weighted by molar-refractivity contribution is -0.130. The van der Waals surface area contributed by atoms with Crippen LogP contribution in [-0.2, 0) is 11.2 Å². The summed E-state index contributed by atoms with van der Waals surface area (Å²) in [6.07, 6.45) is 0.365. The minimum atomic E-state index is -0.273. The van der Waals surface area contributed by atoms with Crippen molar-refractivity contribution in [2.45, 2.75) is 13.3 Å². The average molecular weight is 473 g/mol. The van der Waals surface area contributed by atoms with Gasteiger partial charge in [-0.15, -0.1) is 0 Å². The standard InChI is InChI=1S/C26H24N4O3S/c1-17-24-21(16-22(28-26(24)33-29-17)19-5-3-2-4-6-19)25(32)27-20-9-7-18(8-10-20)15-23(31)30-11-13-34-14-12-30/h2-10,16H,11-15H2,1H3,(H,27,32). The van der Waals surface area contributed by atoms with Gasteiger partial charge >= 0.3 is 0 Å². The molecule has 2 aromatic carbocycles. The summed E-state index contributed by atoms with van der Waals surface area (Å²) in [4.78, 5) is 32.3. The first kappa shape index (κ1) is 22.2. The molecule has 1 aliphatic heterocycles. The number of fused-ring (bicyclic) bond motifs is 1. The molecule has 1 fully saturated rings. The Morgan fingerprint density at radius 1 is 1.06 bits per heavy atom. The summed E-state index contributed by atoms with van der Waals surface area (Å²) in [5.74, 6) is 1.87. The summed E-state index contributed by atoms with van der Waals surface area (Å²) >= 11 is 1.88. The topological polar surface area (TPSA) is 88.3 Å². The number of aromatic nitrogens is 2. The van der Waals surface area contributed by atoms with Crippen LogP contribution in [-0.4, -0.2) is 51.5 Å². The summed E-state index contributed by atoms with van der Waals surface area (Å²) < 4.78 is 5.38. The van der Waals surface area contributed by atoms with Crippen LogP contribution in [0, 0.1) is 6.92 Å². The van der Waals surface area contributed by atoms with Crippen LogP contribution in [0.2, 0.25) is 0 Å². The van der Waals surface area contributed by atoms with Gasteiger partial charge in [0.15, 0.2) is 0 Å². The van der Waals surface area contributed by atoms with Gasteiger partial charge in [-0.25, -0.2) is 4.98 Å². The maximum absolute atomic E-state index is 13.3. The van der Waals surface area contributed by atoms with Gasteiger partial charge in [-0.1, -0.05) is 47.6 Å². The van der Waals surface area contributed by atoms with Crippen molar-refractivity contribution >= 4 is 40.4 Å². The molecule has 0 saturated carbocycles. The van der Waals surface area contributed by atoms with E-state index in [2.05, 4.69) is 15.5 Å². The first-order chi connectivity index (χ1) is 16.6. The third-order valence-electron chi connectivity index (χ3n) is 5.86. The number of amides is 2. The third kappa shape index (κ3) is 4.68. The van der Waals surface area contributed by atoms with Gasteiger partial charge in [0, 0.05) is 35.8 Å². The fourth-order valence-electron chi connectivity index (χ4n) is 4.03. The molecule has 5 rings (SSSR count). The number of carbonyl (C=O) groups is 2. The molecule has 4 aromatic rings. The molecule has 0 bridgehead atoms. The Labute approximate surface area is 201 Å². The number of benzene rings is 2. The molecular weight excluding hydrogens is 448 g/mol. The van der Waals surface area contributed by atoms with E-state index in [9.17, 15) is 9.59 Å². The summed E-state index contributed by atoms with van der Waals surface area (Å²) in [5, 5.41) is 7.56. The Hall–Kier alpha value is -3.65. The predicted octanol–water partition coefficient (Wildman–Crippen LogP) is 4.57. The number of carbonyl (C=O) groups excluding carboxylic acids is 2. The highest BCUT2D eigenvalue weighted by molar-refractivity contribution is 7.99. The second-order valence-electron chi connectivity index (χ2n) is 8.19. The molecule has 7 nitrogen and oxygen atoms in total. The number of aryl methyl sites for hydroxylation is 1. The SMILES string of the molecule is Cc1noc2nc(-c3ccccc3)cc(C(=O)Nc3ccc(CC(=O)N4CCSCC4)cc3)c12. The maximum Gasteiger partial charge on any atom is 0.259 e. The molecule has 1 aliphatic rings. The lowest BCUT2D eigenvalue weighted by Gasteiger charge is -2.26. The number of hydrogen-bond acceptors (Lipinski definition) is 6.